The summed E-state index contributed by atoms with van der Waals surface area (Å²) in [5, 5.41) is 0. The SMILES string of the molecule is COC(=O)CN1CCC(C(=O)N2CCCC(C)C2)CC1. The maximum absolute atomic E-state index is 12.5. The number of piperidine rings is 2. The molecular weight excluding hydrogens is 256 g/mol. The van der Waals surface area contributed by atoms with Gasteiger partial charge in [-0.05, 0) is 44.7 Å². The van der Waals surface area contributed by atoms with Gasteiger partial charge in [0.05, 0.1) is 13.7 Å². The summed E-state index contributed by atoms with van der Waals surface area (Å²) in [7, 11) is 1.41. The van der Waals surface area contributed by atoms with Gasteiger partial charge in [-0.3, -0.25) is 14.5 Å². The minimum Gasteiger partial charge on any atom is -0.468 e. The molecule has 2 fully saturated rings. The van der Waals surface area contributed by atoms with Gasteiger partial charge in [0.2, 0.25) is 5.91 Å². The van der Waals surface area contributed by atoms with Crippen LogP contribution < -0.4 is 0 Å². The molecule has 5 nitrogen and oxygen atoms in total. The molecular formula is C15H26N2O3. The van der Waals surface area contributed by atoms with E-state index in [-0.39, 0.29) is 11.9 Å². The quantitative estimate of drug-likeness (QED) is 0.728. The molecule has 5 heteroatoms. The normalized spacial score (nSPS) is 25.5. The molecule has 0 aliphatic carbocycles. The Morgan fingerprint density at radius 1 is 1.15 bits per heavy atom. The fourth-order valence-electron chi connectivity index (χ4n) is 3.23. The van der Waals surface area contributed by atoms with Crippen LogP contribution in [-0.4, -0.2) is 61.5 Å². The van der Waals surface area contributed by atoms with Gasteiger partial charge in [0.1, 0.15) is 0 Å². The van der Waals surface area contributed by atoms with Crippen LogP contribution in [0.2, 0.25) is 0 Å². The second kappa shape index (κ2) is 7.07. The van der Waals surface area contributed by atoms with Gasteiger partial charge in [-0.1, -0.05) is 6.92 Å². The number of carbonyl (C=O) groups excluding carboxylic acids is 2. The largest absolute Gasteiger partial charge is 0.468 e. The highest BCUT2D eigenvalue weighted by molar-refractivity contribution is 5.79. The van der Waals surface area contributed by atoms with Crippen LogP contribution in [0.25, 0.3) is 0 Å². The number of likely N-dealkylation sites (tertiary alicyclic amines) is 2. The van der Waals surface area contributed by atoms with Crippen LogP contribution in [0.3, 0.4) is 0 Å². The van der Waals surface area contributed by atoms with E-state index >= 15 is 0 Å². The average molecular weight is 282 g/mol. The summed E-state index contributed by atoms with van der Waals surface area (Å²) in [6.45, 7) is 6.03. The summed E-state index contributed by atoms with van der Waals surface area (Å²) >= 11 is 0. The number of rotatable bonds is 3. The Labute approximate surface area is 121 Å². The fraction of sp³-hybridized carbons (Fsp3) is 0.867. The lowest BCUT2D eigenvalue weighted by Gasteiger charge is -2.36. The van der Waals surface area contributed by atoms with E-state index < -0.39 is 0 Å². The van der Waals surface area contributed by atoms with Crippen LogP contribution >= 0.6 is 0 Å². The first-order chi connectivity index (χ1) is 9.60. The Bertz CT molecular complexity index is 351. The summed E-state index contributed by atoms with van der Waals surface area (Å²) in [6.07, 6.45) is 4.09. The van der Waals surface area contributed by atoms with Gasteiger partial charge in [0.25, 0.3) is 0 Å². The van der Waals surface area contributed by atoms with Crippen LogP contribution in [0, 0.1) is 11.8 Å². The molecule has 2 rings (SSSR count). The molecule has 114 valence electrons. The van der Waals surface area contributed by atoms with Crippen molar-refractivity contribution in [2.75, 3.05) is 39.8 Å². The lowest BCUT2D eigenvalue weighted by atomic mass is 9.93. The Morgan fingerprint density at radius 3 is 2.45 bits per heavy atom. The van der Waals surface area contributed by atoms with E-state index in [1.165, 1.54) is 13.5 Å². The molecule has 1 atom stereocenters. The van der Waals surface area contributed by atoms with Gasteiger partial charge in [-0.25, -0.2) is 0 Å². The second-order valence-electron chi connectivity index (χ2n) is 6.16. The van der Waals surface area contributed by atoms with E-state index in [0.717, 1.165) is 45.4 Å². The van der Waals surface area contributed by atoms with Crippen molar-refractivity contribution in [3.05, 3.63) is 0 Å². The van der Waals surface area contributed by atoms with Gasteiger partial charge in [-0.2, -0.15) is 0 Å². The minimum absolute atomic E-state index is 0.147. The third-order valence-electron chi connectivity index (χ3n) is 4.49. The van der Waals surface area contributed by atoms with E-state index in [0.29, 0.717) is 18.4 Å². The molecule has 1 amide bonds. The smallest absolute Gasteiger partial charge is 0.319 e. The predicted octanol–water partition coefficient (Wildman–Crippen LogP) is 1.13. The molecule has 0 saturated carbocycles. The van der Waals surface area contributed by atoms with E-state index in [9.17, 15) is 9.59 Å². The summed E-state index contributed by atoms with van der Waals surface area (Å²) in [5.41, 5.74) is 0. The lowest BCUT2D eigenvalue weighted by molar-refractivity contribution is -0.143. The van der Waals surface area contributed by atoms with Crippen molar-refractivity contribution in [3.8, 4) is 0 Å². The van der Waals surface area contributed by atoms with E-state index in [2.05, 4.69) is 21.5 Å². The molecule has 20 heavy (non-hydrogen) atoms. The molecule has 0 aromatic heterocycles. The fourth-order valence-corrected chi connectivity index (χ4v) is 3.23. The number of hydrogen-bond donors (Lipinski definition) is 0. The van der Waals surface area contributed by atoms with Crippen molar-refractivity contribution in [3.63, 3.8) is 0 Å². The van der Waals surface area contributed by atoms with Crippen molar-refractivity contribution >= 4 is 11.9 Å². The van der Waals surface area contributed by atoms with Crippen molar-refractivity contribution < 1.29 is 14.3 Å². The first-order valence-corrected chi connectivity index (χ1v) is 7.68. The Morgan fingerprint density at radius 2 is 1.85 bits per heavy atom. The second-order valence-corrected chi connectivity index (χ2v) is 6.16. The summed E-state index contributed by atoms with van der Waals surface area (Å²) in [6, 6.07) is 0. The van der Waals surface area contributed by atoms with Gasteiger partial charge in [0, 0.05) is 19.0 Å². The maximum atomic E-state index is 12.5. The van der Waals surface area contributed by atoms with Crippen LogP contribution in [0.15, 0.2) is 0 Å². The Hall–Kier alpha value is -1.10. The topological polar surface area (TPSA) is 49.9 Å². The van der Waals surface area contributed by atoms with Gasteiger partial charge >= 0.3 is 5.97 Å². The van der Waals surface area contributed by atoms with Gasteiger partial charge < -0.3 is 9.64 Å². The highest BCUT2D eigenvalue weighted by atomic mass is 16.5. The molecule has 0 N–H and O–H groups in total. The zero-order valence-electron chi connectivity index (χ0n) is 12.6. The number of nitrogens with zero attached hydrogens (tertiary/aromatic N) is 2. The molecule has 0 aromatic carbocycles. The monoisotopic (exact) mass is 282 g/mol. The average Bonchev–Trinajstić information content (AvgIpc) is 2.47. The Balaban J connectivity index is 1.78. The van der Waals surface area contributed by atoms with Crippen molar-refractivity contribution in [1.82, 2.24) is 9.80 Å². The maximum Gasteiger partial charge on any atom is 0.319 e. The van der Waals surface area contributed by atoms with Crippen molar-refractivity contribution in [2.45, 2.75) is 32.6 Å². The van der Waals surface area contributed by atoms with Crippen molar-refractivity contribution in [2.24, 2.45) is 11.8 Å². The summed E-state index contributed by atoms with van der Waals surface area (Å²) in [4.78, 5) is 27.9. The van der Waals surface area contributed by atoms with Crippen molar-refractivity contribution in [1.29, 1.82) is 0 Å². The molecule has 2 aliphatic heterocycles. The molecule has 0 aromatic rings. The molecule has 2 saturated heterocycles. The van der Waals surface area contributed by atoms with Gasteiger partial charge in [0.15, 0.2) is 0 Å². The number of amides is 1. The lowest BCUT2D eigenvalue weighted by Crippen LogP contribution is -2.46. The predicted molar refractivity (Wildman–Crippen MR) is 76.2 cm³/mol. The first-order valence-electron chi connectivity index (χ1n) is 7.68. The molecule has 0 spiro atoms. The number of esters is 1. The molecule has 0 radical (unpaired) electrons. The molecule has 2 heterocycles. The van der Waals surface area contributed by atoms with E-state index in [1.807, 2.05) is 0 Å². The standard InChI is InChI=1S/C15H26N2O3/c1-12-4-3-7-17(10-12)15(19)13-5-8-16(9-6-13)11-14(18)20-2/h12-13H,3-11H2,1-2H3. The zero-order chi connectivity index (χ0) is 14.5. The first kappa shape index (κ1) is 15.3. The van der Waals surface area contributed by atoms with E-state index in [4.69, 9.17) is 0 Å². The van der Waals surface area contributed by atoms with E-state index in [1.54, 1.807) is 0 Å². The third kappa shape index (κ3) is 3.95. The summed E-state index contributed by atoms with van der Waals surface area (Å²) in [5.74, 6) is 0.912. The van der Waals surface area contributed by atoms with Crippen LogP contribution in [0.4, 0.5) is 0 Å². The third-order valence-corrected chi connectivity index (χ3v) is 4.49. The Kier molecular flexibility index (Phi) is 5.40. The van der Waals surface area contributed by atoms with Crippen LogP contribution in [0.5, 0.6) is 0 Å². The van der Waals surface area contributed by atoms with Gasteiger partial charge in [-0.15, -0.1) is 0 Å². The minimum atomic E-state index is -0.195. The highest BCUT2D eigenvalue weighted by Gasteiger charge is 2.30. The van der Waals surface area contributed by atoms with Crippen LogP contribution in [0.1, 0.15) is 32.6 Å². The molecule has 0 bridgehead atoms. The number of ether oxygens (including phenoxy) is 1. The summed E-state index contributed by atoms with van der Waals surface area (Å²) < 4.78 is 4.68. The number of carbonyl (C=O) groups is 2. The molecule has 2 aliphatic rings. The van der Waals surface area contributed by atoms with Crippen LogP contribution in [-0.2, 0) is 14.3 Å². The number of methoxy groups -OCH3 is 1. The highest BCUT2D eigenvalue weighted by Crippen LogP contribution is 2.23. The zero-order valence-corrected chi connectivity index (χ0v) is 12.6. The molecule has 1 unspecified atom stereocenters. The number of hydrogen-bond acceptors (Lipinski definition) is 4.